The number of aromatic nitrogens is 2. The van der Waals surface area contributed by atoms with E-state index in [1.54, 1.807) is 14.2 Å². The van der Waals surface area contributed by atoms with Gasteiger partial charge in [0.2, 0.25) is 11.6 Å². The van der Waals surface area contributed by atoms with E-state index in [4.69, 9.17) is 46.9 Å². The summed E-state index contributed by atoms with van der Waals surface area (Å²) in [5.41, 5.74) is 0.415. The zero-order valence-corrected chi connectivity index (χ0v) is 34.6. The summed E-state index contributed by atoms with van der Waals surface area (Å²) in [6, 6.07) is 19.2. The summed E-state index contributed by atoms with van der Waals surface area (Å²) in [6.45, 7) is 6.16. The highest BCUT2D eigenvalue weighted by molar-refractivity contribution is 6.10. The summed E-state index contributed by atoms with van der Waals surface area (Å²) in [5, 5.41) is 8.35. The summed E-state index contributed by atoms with van der Waals surface area (Å²) in [6.07, 6.45) is 5.04. The van der Waals surface area contributed by atoms with E-state index in [0.717, 1.165) is 50.1 Å². The zero-order valence-electron chi connectivity index (χ0n) is 34.6. The molecule has 4 bridgehead atoms. The van der Waals surface area contributed by atoms with Crippen LogP contribution in [0.3, 0.4) is 0 Å². The molecule has 2 aromatic heterocycles. The highest BCUT2D eigenvalue weighted by atomic mass is 16.6. The molecule has 2 unspecified atom stereocenters. The van der Waals surface area contributed by atoms with Crippen molar-refractivity contribution in [3.8, 4) is 11.8 Å². The van der Waals surface area contributed by atoms with Gasteiger partial charge < -0.3 is 46.9 Å². The van der Waals surface area contributed by atoms with Crippen molar-refractivity contribution in [2.24, 2.45) is 11.8 Å². The van der Waals surface area contributed by atoms with Crippen molar-refractivity contribution >= 4 is 11.6 Å². The van der Waals surface area contributed by atoms with E-state index < -0.39 is 11.2 Å². The van der Waals surface area contributed by atoms with Gasteiger partial charge in [-0.1, -0.05) is 68.1 Å². The fourth-order valence-corrected chi connectivity index (χ4v) is 11.0. The Morgan fingerprint density at radius 2 is 1.02 bits per heavy atom. The smallest absolute Gasteiger partial charge is 0.265 e. The van der Waals surface area contributed by atoms with E-state index in [2.05, 4.69) is 20.1 Å². The van der Waals surface area contributed by atoms with E-state index in [0.29, 0.717) is 73.8 Å². The van der Waals surface area contributed by atoms with Gasteiger partial charge in [0.05, 0.1) is 64.9 Å². The lowest BCUT2D eigenvalue weighted by molar-refractivity contribution is -0.0551. The van der Waals surface area contributed by atoms with Gasteiger partial charge in [-0.2, -0.15) is 0 Å². The number of hydrogen-bond acceptors (Lipinski definition) is 16. The molecule has 8 aliphatic rings. The SMILES string of the molecule is C.COC1=C[C@@H]2CC3[C@H](N4CCOCC4)c4onc(OCc5ccccc5)c4C(=O)[C@]13O2.COC1=C[C@H]2CC3[C@H](N4CCOCC4)c4onc(OCc5ccccc5)c4C(=O)[C@@]13O2. The minimum atomic E-state index is -1.15. The van der Waals surface area contributed by atoms with Gasteiger partial charge in [-0.3, -0.25) is 19.4 Å². The number of hydrogen-bond donors (Lipinski definition) is 0. The van der Waals surface area contributed by atoms with Crippen molar-refractivity contribution in [3.05, 3.63) is 118 Å². The molecular formula is C47H52N4O12. The third-order valence-corrected chi connectivity index (χ3v) is 13.7. The molecule has 4 fully saturated rings. The maximum Gasteiger partial charge on any atom is 0.265 e. The Morgan fingerprint density at radius 1 is 0.619 bits per heavy atom. The summed E-state index contributed by atoms with van der Waals surface area (Å²) in [7, 11) is 3.18. The molecule has 4 saturated heterocycles. The van der Waals surface area contributed by atoms with E-state index >= 15 is 0 Å². The quantitative estimate of drug-likeness (QED) is 0.192. The second-order valence-corrected chi connectivity index (χ2v) is 16.8. The van der Waals surface area contributed by atoms with Crippen LogP contribution in [0.2, 0.25) is 0 Å². The highest BCUT2D eigenvalue weighted by Crippen LogP contribution is 2.61. The second-order valence-electron chi connectivity index (χ2n) is 16.8. The summed E-state index contributed by atoms with van der Waals surface area (Å²) >= 11 is 0. The van der Waals surface area contributed by atoms with Crippen LogP contribution in [-0.2, 0) is 41.6 Å². The first-order valence-electron chi connectivity index (χ1n) is 21.4. The average molecular weight is 865 g/mol. The number of fused-ring (bicyclic) bond motifs is 4. The molecule has 0 N–H and O–H groups in total. The van der Waals surface area contributed by atoms with Gasteiger partial charge in [-0.25, -0.2) is 0 Å². The summed E-state index contributed by atoms with van der Waals surface area (Å²) < 4.78 is 58.6. The van der Waals surface area contributed by atoms with Gasteiger partial charge in [0.15, 0.2) is 22.7 Å². The van der Waals surface area contributed by atoms with Gasteiger partial charge in [0, 0.05) is 38.0 Å². The van der Waals surface area contributed by atoms with Crippen LogP contribution in [0, 0.1) is 11.8 Å². The van der Waals surface area contributed by atoms with Gasteiger partial charge >= 0.3 is 0 Å². The molecule has 4 aromatic rings. The normalized spacial score (nSPS) is 31.3. The molecule has 8 heterocycles. The lowest BCUT2D eigenvalue weighted by Crippen LogP contribution is -2.55. The molecule has 16 nitrogen and oxygen atoms in total. The van der Waals surface area contributed by atoms with Crippen LogP contribution in [0.15, 0.2) is 93.4 Å². The molecule has 12 rings (SSSR count). The van der Waals surface area contributed by atoms with Crippen LogP contribution in [-0.4, -0.2) is 122 Å². The highest BCUT2D eigenvalue weighted by Gasteiger charge is 2.70. The summed E-state index contributed by atoms with van der Waals surface area (Å²) in [4.78, 5) is 32.4. The molecule has 0 amide bonds. The predicted octanol–water partition coefficient (Wildman–Crippen LogP) is 5.66. The largest absolute Gasteiger partial charge is 0.498 e. The lowest BCUT2D eigenvalue weighted by atomic mass is 9.67. The van der Waals surface area contributed by atoms with Crippen LogP contribution in [0.4, 0.5) is 0 Å². The first kappa shape index (κ1) is 41.6. The fourth-order valence-electron chi connectivity index (χ4n) is 11.0. The van der Waals surface area contributed by atoms with Crippen molar-refractivity contribution in [2.75, 3.05) is 66.8 Å². The number of ether oxygens (including phenoxy) is 8. The summed E-state index contributed by atoms with van der Waals surface area (Å²) in [5.74, 6) is 2.14. The minimum Gasteiger partial charge on any atom is -0.498 e. The monoisotopic (exact) mass is 864 g/mol. The van der Waals surface area contributed by atoms with Crippen molar-refractivity contribution in [1.29, 1.82) is 0 Å². The Bertz CT molecular complexity index is 2220. The first-order chi connectivity index (χ1) is 30.4. The number of morpholine rings is 2. The van der Waals surface area contributed by atoms with Crippen molar-refractivity contribution in [2.45, 2.75) is 69.0 Å². The van der Waals surface area contributed by atoms with Crippen LogP contribution < -0.4 is 9.47 Å². The molecule has 2 spiro atoms. The number of Topliss-reactive ketones (excluding diaryl/α,β-unsaturated/α-hetero) is 2. The second kappa shape index (κ2) is 16.6. The van der Waals surface area contributed by atoms with Gasteiger partial charge in [-0.05, 0) is 46.4 Å². The number of benzene rings is 2. The third kappa shape index (κ3) is 6.55. The fraction of sp³-hybridized carbons (Fsp3) is 0.489. The van der Waals surface area contributed by atoms with E-state index in [-0.39, 0.29) is 66.9 Å². The Hall–Kier alpha value is -5.36. The lowest BCUT2D eigenvalue weighted by Gasteiger charge is -2.45. The number of methoxy groups -OCH3 is 2. The maximum absolute atomic E-state index is 13.9. The number of nitrogens with zero attached hydrogens (tertiary/aromatic N) is 4. The van der Waals surface area contributed by atoms with Crippen LogP contribution in [0.5, 0.6) is 11.8 Å². The Kier molecular flexibility index (Phi) is 11.0. The van der Waals surface area contributed by atoms with Crippen molar-refractivity contribution < 1.29 is 56.5 Å². The zero-order chi connectivity index (χ0) is 42.0. The molecule has 2 aliphatic carbocycles. The Morgan fingerprint density at radius 3 is 1.40 bits per heavy atom. The minimum absolute atomic E-state index is 0. The number of rotatable bonds is 10. The number of ketones is 2. The molecule has 0 radical (unpaired) electrons. The van der Waals surface area contributed by atoms with Crippen molar-refractivity contribution in [3.63, 3.8) is 0 Å². The first-order valence-corrected chi connectivity index (χ1v) is 21.4. The third-order valence-electron chi connectivity index (χ3n) is 13.7. The number of carbonyl (C=O) groups is 2. The molecule has 0 saturated carbocycles. The standard InChI is InChI=1S/2C23H24N2O6.CH4/c2*1-27-17-12-15-11-16-19(25-7-9-28-10-8-25)20-18(21(26)23(16,17)30-15)22(24-31-20)29-13-14-5-3-2-4-6-14;/h2*2-6,12,15-16,19H,7-11,13H2,1H3;1H4/t15-,16?,19+,23+;15-,16?,19-,23+;/m10./s1. The predicted molar refractivity (Wildman–Crippen MR) is 222 cm³/mol. The van der Waals surface area contributed by atoms with Gasteiger partial charge in [0.25, 0.3) is 11.8 Å². The van der Waals surface area contributed by atoms with Crippen LogP contribution in [0.1, 0.15) is 75.7 Å². The van der Waals surface area contributed by atoms with E-state index in [9.17, 15) is 9.59 Å². The molecular weight excluding hydrogens is 813 g/mol. The molecule has 2 aromatic carbocycles. The molecule has 16 heteroatoms. The molecule has 6 aliphatic heterocycles. The van der Waals surface area contributed by atoms with E-state index in [1.807, 2.05) is 72.8 Å². The van der Waals surface area contributed by atoms with Crippen molar-refractivity contribution in [1.82, 2.24) is 20.1 Å². The topological polar surface area (TPSA) is 167 Å². The number of carbonyl (C=O) groups excluding carboxylic acids is 2. The molecule has 8 atom stereocenters. The average Bonchev–Trinajstić information content (AvgIpc) is 4.19. The van der Waals surface area contributed by atoms with Gasteiger partial charge in [0.1, 0.15) is 35.9 Å². The molecule has 332 valence electrons. The Balaban J connectivity index is 0.000000147. The maximum atomic E-state index is 13.9. The van der Waals surface area contributed by atoms with Crippen LogP contribution >= 0.6 is 0 Å². The molecule has 63 heavy (non-hydrogen) atoms. The van der Waals surface area contributed by atoms with Crippen LogP contribution in [0.25, 0.3) is 0 Å². The van der Waals surface area contributed by atoms with E-state index in [1.165, 1.54) is 0 Å². The Labute approximate surface area is 364 Å². The van der Waals surface area contributed by atoms with Gasteiger partial charge in [-0.15, -0.1) is 0 Å².